The molecule has 0 aromatic heterocycles. The number of benzene rings is 3. The summed E-state index contributed by atoms with van der Waals surface area (Å²) in [4.78, 5) is 28.8. The number of hydrogen-bond donors (Lipinski definition) is 1. The summed E-state index contributed by atoms with van der Waals surface area (Å²) in [6, 6.07) is 18.3. The van der Waals surface area contributed by atoms with E-state index in [-0.39, 0.29) is 35.6 Å². The molecule has 0 saturated carbocycles. The van der Waals surface area contributed by atoms with Gasteiger partial charge in [-0.1, -0.05) is 65.7 Å². The summed E-state index contributed by atoms with van der Waals surface area (Å²) < 4.78 is 40.1. The van der Waals surface area contributed by atoms with Crippen molar-refractivity contribution < 1.29 is 22.4 Å². The first-order chi connectivity index (χ1) is 18.3. The van der Waals surface area contributed by atoms with Crippen LogP contribution in [0.15, 0.2) is 72.8 Å². The van der Waals surface area contributed by atoms with Gasteiger partial charge in [-0.15, -0.1) is 0 Å². The van der Waals surface area contributed by atoms with Gasteiger partial charge in [-0.05, 0) is 55.3 Å². The fraction of sp³-hybridized carbons (Fsp3) is 0.286. The van der Waals surface area contributed by atoms with E-state index >= 15 is 0 Å². The van der Waals surface area contributed by atoms with Crippen LogP contribution in [-0.2, 0) is 32.6 Å². The summed E-state index contributed by atoms with van der Waals surface area (Å²) >= 11 is 12.1. The second-order valence-corrected chi connectivity index (χ2v) is 12.1. The normalized spacial score (nSPS) is 12.2. The molecule has 3 aromatic rings. The molecule has 0 fully saturated rings. The highest BCUT2D eigenvalue weighted by Crippen LogP contribution is 2.25. The zero-order valence-electron chi connectivity index (χ0n) is 21.8. The lowest BCUT2D eigenvalue weighted by molar-refractivity contribution is -0.140. The fourth-order valence-electron chi connectivity index (χ4n) is 4.02. The van der Waals surface area contributed by atoms with Crippen LogP contribution in [0, 0.1) is 5.82 Å². The van der Waals surface area contributed by atoms with Gasteiger partial charge in [0.25, 0.3) is 0 Å². The van der Waals surface area contributed by atoms with Crippen LogP contribution >= 0.6 is 23.2 Å². The van der Waals surface area contributed by atoms with Crippen LogP contribution in [0.4, 0.5) is 10.1 Å². The van der Waals surface area contributed by atoms with E-state index in [4.69, 9.17) is 23.2 Å². The summed E-state index contributed by atoms with van der Waals surface area (Å²) in [5, 5.41) is 3.03. The molecule has 3 rings (SSSR count). The smallest absolute Gasteiger partial charge is 0.244 e. The van der Waals surface area contributed by atoms with Crippen molar-refractivity contribution in [3.05, 3.63) is 99.8 Å². The number of nitrogens with one attached hydrogen (secondary N) is 1. The molecule has 0 aliphatic carbocycles. The van der Waals surface area contributed by atoms with Crippen LogP contribution < -0.4 is 9.62 Å². The van der Waals surface area contributed by atoms with Crippen LogP contribution in [-0.4, -0.2) is 50.0 Å². The Labute approximate surface area is 238 Å². The predicted octanol–water partition coefficient (Wildman–Crippen LogP) is 5.06. The lowest BCUT2D eigenvalue weighted by atomic mass is 10.0. The van der Waals surface area contributed by atoms with Gasteiger partial charge in [0.15, 0.2) is 0 Å². The Morgan fingerprint density at radius 2 is 1.62 bits per heavy atom. The molecule has 0 spiro atoms. The van der Waals surface area contributed by atoms with Crippen molar-refractivity contribution in [3.8, 4) is 0 Å². The number of rotatable bonds is 11. The van der Waals surface area contributed by atoms with Crippen LogP contribution in [0.25, 0.3) is 0 Å². The Morgan fingerprint density at radius 3 is 2.21 bits per heavy atom. The molecule has 3 aromatic carbocycles. The summed E-state index contributed by atoms with van der Waals surface area (Å²) in [6.07, 6.45) is 1.12. The van der Waals surface area contributed by atoms with E-state index < -0.39 is 34.3 Å². The quantitative estimate of drug-likeness (QED) is 0.336. The number of halogens is 3. The summed E-state index contributed by atoms with van der Waals surface area (Å²) in [6.45, 7) is 2.97. The van der Waals surface area contributed by atoms with Gasteiger partial charge in [0.2, 0.25) is 21.8 Å². The summed E-state index contributed by atoms with van der Waals surface area (Å²) in [5.74, 6) is -1.75. The molecule has 0 heterocycles. The minimum atomic E-state index is -4.00. The van der Waals surface area contributed by atoms with Gasteiger partial charge in [-0.2, -0.15) is 0 Å². The number of carbonyl (C=O) groups is 2. The molecule has 11 heteroatoms. The average molecular weight is 595 g/mol. The fourth-order valence-corrected chi connectivity index (χ4v) is 5.25. The van der Waals surface area contributed by atoms with Gasteiger partial charge in [0.05, 0.1) is 17.0 Å². The maximum absolute atomic E-state index is 13.9. The Hall–Kier alpha value is -3.14. The molecule has 1 N–H and O–H groups in total. The molecular weight excluding hydrogens is 564 g/mol. The van der Waals surface area contributed by atoms with E-state index in [1.165, 1.54) is 11.0 Å². The number of nitrogens with zero attached hydrogens (tertiary/aromatic N) is 2. The molecule has 0 aliphatic heterocycles. The molecular formula is C28H30Cl2FN3O4S. The molecule has 1 atom stereocenters. The molecule has 39 heavy (non-hydrogen) atoms. The van der Waals surface area contributed by atoms with E-state index in [2.05, 4.69) is 5.32 Å². The SMILES string of the molecule is CC(C)NC(=O)[C@@H](Cc1ccccc1)N(Cc1cccc(Cl)c1)C(=O)CN(c1ccc(F)c(Cl)c1)S(C)(=O)=O. The zero-order chi connectivity index (χ0) is 28.7. The molecule has 7 nitrogen and oxygen atoms in total. The van der Waals surface area contributed by atoms with Gasteiger partial charge in [0, 0.05) is 24.0 Å². The molecule has 0 aliphatic rings. The highest BCUT2D eigenvalue weighted by atomic mass is 35.5. The number of anilines is 1. The van der Waals surface area contributed by atoms with E-state index in [1.54, 1.807) is 24.3 Å². The monoisotopic (exact) mass is 593 g/mol. The van der Waals surface area contributed by atoms with Gasteiger partial charge in [0.1, 0.15) is 18.4 Å². The summed E-state index contributed by atoms with van der Waals surface area (Å²) in [5.41, 5.74) is 1.49. The number of carbonyl (C=O) groups excluding carboxylic acids is 2. The maximum atomic E-state index is 13.9. The number of hydrogen-bond acceptors (Lipinski definition) is 4. The lowest BCUT2D eigenvalue weighted by Gasteiger charge is -2.34. The minimum absolute atomic E-state index is 0.00974. The Bertz CT molecular complexity index is 1420. The summed E-state index contributed by atoms with van der Waals surface area (Å²) in [7, 11) is -4.00. The van der Waals surface area contributed by atoms with Crippen molar-refractivity contribution in [3.63, 3.8) is 0 Å². The molecule has 0 bridgehead atoms. The third-order valence-corrected chi connectivity index (χ3v) is 7.48. The topological polar surface area (TPSA) is 86.8 Å². The van der Waals surface area contributed by atoms with Crippen LogP contribution in [0.5, 0.6) is 0 Å². The highest BCUT2D eigenvalue weighted by Gasteiger charge is 2.33. The van der Waals surface area contributed by atoms with Crippen molar-refractivity contribution in [2.75, 3.05) is 17.1 Å². The second kappa shape index (κ2) is 13.3. The lowest BCUT2D eigenvalue weighted by Crippen LogP contribution is -2.54. The molecule has 0 radical (unpaired) electrons. The highest BCUT2D eigenvalue weighted by molar-refractivity contribution is 7.92. The maximum Gasteiger partial charge on any atom is 0.244 e. The van der Waals surface area contributed by atoms with Gasteiger partial charge in [-0.3, -0.25) is 13.9 Å². The van der Waals surface area contributed by atoms with Crippen LogP contribution in [0.3, 0.4) is 0 Å². The van der Waals surface area contributed by atoms with Crippen molar-refractivity contribution in [1.82, 2.24) is 10.2 Å². The first-order valence-corrected chi connectivity index (χ1v) is 14.8. The van der Waals surface area contributed by atoms with E-state index in [9.17, 15) is 22.4 Å². The largest absolute Gasteiger partial charge is 0.352 e. The average Bonchev–Trinajstić information content (AvgIpc) is 2.86. The molecule has 0 unspecified atom stereocenters. The standard InChI is InChI=1S/C28H30Cl2FN3O4S/c1-19(2)32-28(36)26(15-20-8-5-4-6-9-20)33(17-21-10-7-11-22(29)14-21)27(35)18-34(39(3,37)38)23-12-13-25(31)24(30)16-23/h4-14,16,19,26H,15,17-18H2,1-3H3,(H,32,36)/t26-/m1/s1. The molecule has 0 saturated heterocycles. The van der Waals surface area contributed by atoms with Gasteiger partial charge >= 0.3 is 0 Å². The minimum Gasteiger partial charge on any atom is -0.352 e. The van der Waals surface area contributed by atoms with Crippen molar-refractivity contribution in [1.29, 1.82) is 0 Å². The Kier molecular flexibility index (Phi) is 10.4. The molecule has 2 amide bonds. The Balaban J connectivity index is 2.07. The predicted molar refractivity (Wildman–Crippen MR) is 153 cm³/mol. The van der Waals surface area contributed by atoms with Crippen LogP contribution in [0.1, 0.15) is 25.0 Å². The van der Waals surface area contributed by atoms with Crippen molar-refractivity contribution >= 4 is 50.7 Å². The first-order valence-electron chi connectivity index (χ1n) is 12.2. The van der Waals surface area contributed by atoms with Crippen LogP contribution in [0.2, 0.25) is 10.0 Å². The number of sulfonamides is 1. The van der Waals surface area contributed by atoms with E-state index in [1.807, 2.05) is 44.2 Å². The van der Waals surface area contributed by atoms with Crippen molar-refractivity contribution in [2.24, 2.45) is 0 Å². The molecule has 208 valence electrons. The van der Waals surface area contributed by atoms with Gasteiger partial charge < -0.3 is 10.2 Å². The third-order valence-electron chi connectivity index (χ3n) is 5.81. The van der Waals surface area contributed by atoms with E-state index in [0.29, 0.717) is 10.6 Å². The zero-order valence-corrected chi connectivity index (χ0v) is 24.1. The second-order valence-electron chi connectivity index (χ2n) is 9.39. The number of amides is 2. The first kappa shape index (κ1) is 30.4. The van der Waals surface area contributed by atoms with Crippen molar-refractivity contribution in [2.45, 2.75) is 38.9 Å². The van der Waals surface area contributed by atoms with E-state index in [0.717, 1.165) is 28.3 Å². The third kappa shape index (κ3) is 8.68. The Morgan fingerprint density at radius 1 is 0.949 bits per heavy atom. The van der Waals surface area contributed by atoms with Gasteiger partial charge in [-0.25, -0.2) is 12.8 Å².